The maximum Gasteiger partial charge on any atom is 0.126 e. The fourth-order valence-electron chi connectivity index (χ4n) is 2.75. The van der Waals surface area contributed by atoms with Gasteiger partial charge in [0, 0.05) is 18.8 Å². The molecule has 98 valence electrons. The molecular formula is C16H19N3. The molecule has 3 nitrogen and oxygen atoms in total. The molecule has 0 fully saturated rings. The SMILES string of the molecule is CNc1cccc(CN2c3ccccc3CC2C)n1. The normalized spacial score (nSPS) is 17.4. The van der Waals surface area contributed by atoms with Crippen LogP contribution < -0.4 is 10.2 Å². The molecule has 1 aromatic carbocycles. The maximum atomic E-state index is 4.61. The summed E-state index contributed by atoms with van der Waals surface area (Å²) in [6, 6.07) is 15.3. The lowest BCUT2D eigenvalue weighted by Gasteiger charge is -2.24. The molecule has 0 spiro atoms. The summed E-state index contributed by atoms with van der Waals surface area (Å²) in [5.74, 6) is 0.928. The third-order valence-corrected chi connectivity index (χ3v) is 3.74. The quantitative estimate of drug-likeness (QED) is 0.911. The molecule has 0 radical (unpaired) electrons. The molecule has 3 heteroatoms. The molecule has 3 rings (SSSR count). The Balaban J connectivity index is 1.87. The van der Waals surface area contributed by atoms with Crippen LogP contribution in [0.4, 0.5) is 11.5 Å². The summed E-state index contributed by atoms with van der Waals surface area (Å²) in [5.41, 5.74) is 3.90. The van der Waals surface area contributed by atoms with E-state index >= 15 is 0 Å². The first-order chi connectivity index (χ1) is 9.28. The van der Waals surface area contributed by atoms with E-state index in [1.54, 1.807) is 0 Å². The number of rotatable bonds is 3. The number of fused-ring (bicyclic) bond motifs is 1. The molecule has 0 bridgehead atoms. The van der Waals surface area contributed by atoms with E-state index in [0.717, 1.165) is 24.5 Å². The van der Waals surface area contributed by atoms with E-state index in [9.17, 15) is 0 Å². The molecule has 0 amide bonds. The summed E-state index contributed by atoms with van der Waals surface area (Å²) >= 11 is 0. The van der Waals surface area contributed by atoms with Gasteiger partial charge < -0.3 is 10.2 Å². The van der Waals surface area contributed by atoms with Crippen molar-refractivity contribution in [2.24, 2.45) is 0 Å². The van der Waals surface area contributed by atoms with Gasteiger partial charge in [-0.15, -0.1) is 0 Å². The first-order valence-electron chi connectivity index (χ1n) is 6.76. The van der Waals surface area contributed by atoms with Crippen LogP contribution in [0, 0.1) is 0 Å². The van der Waals surface area contributed by atoms with Gasteiger partial charge in [0.25, 0.3) is 0 Å². The Morgan fingerprint density at radius 3 is 2.89 bits per heavy atom. The zero-order chi connectivity index (χ0) is 13.2. The van der Waals surface area contributed by atoms with Gasteiger partial charge in [-0.1, -0.05) is 24.3 Å². The number of benzene rings is 1. The van der Waals surface area contributed by atoms with Crippen molar-refractivity contribution in [2.75, 3.05) is 17.3 Å². The third-order valence-electron chi connectivity index (χ3n) is 3.74. The summed E-state index contributed by atoms with van der Waals surface area (Å²) < 4.78 is 0. The van der Waals surface area contributed by atoms with Gasteiger partial charge in [-0.05, 0) is 37.1 Å². The Hall–Kier alpha value is -2.03. The summed E-state index contributed by atoms with van der Waals surface area (Å²) in [7, 11) is 1.90. The van der Waals surface area contributed by atoms with Crippen molar-refractivity contribution in [1.29, 1.82) is 0 Å². The molecule has 1 aliphatic rings. The van der Waals surface area contributed by atoms with Crippen LogP contribution >= 0.6 is 0 Å². The zero-order valence-corrected chi connectivity index (χ0v) is 11.4. The van der Waals surface area contributed by atoms with Crippen molar-refractivity contribution >= 4 is 11.5 Å². The highest BCUT2D eigenvalue weighted by atomic mass is 15.2. The fourth-order valence-corrected chi connectivity index (χ4v) is 2.75. The lowest BCUT2D eigenvalue weighted by atomic mass is 10.1. The number of hydrogen-bond donors (Lipinski definition) is 1. The van der Waals surface area contributed by atoms with Gasteiger partial charge in [0.05, 0.1) is 12.2 Å². The minimum Gasteiger partial charge on any atom is -0.373 e. The molecular weight excluding hydrogens is 234 g/mol. The minimum atomic E-state index is 0.539. The molecule has 0 saturated carbocycles. The van der Waals surface area contributed by atoms with Gasteiger partial charge in [-0.2, -0.15) is 0 Å². The Labute approximate surface area is 114 Å². The summed E-state index contributed by atoms with van der Waals surface area (Å²) in [6.45, 7) is 3.15. The van der Waals surface area contributed by atoms with Crippen LogP contribution in [0.2, 0.25) is 0 Å². The van der Waals surface area contributed by atoms with Gasteiger partial charge >= 0.3 is 0 Å². The van der Waals surface area contributed by atoms with Crippen LogP contribution in [-0.2, 0) is 13.0 Å². The topological polar surface area (TPSA) is 28.2 Å². The van der Waals surface area contributed by atoms with Crippen LogP contribution in [-0.4, -0.2) is 18.1 Å². The van der Waals surface area contributed by atoms with Crippen LogP contribution in [0.25, 0.3) is 0 Å². The van der Waals surface area contributed by atoms with Gasteiger partial charge in [0.2, 0.25) is 0 Å². The summed E-state index contributed by atoms with van der Waals surface area (Å²) in [6.07, 6.45) is 1.13. The van der Waals surface area contributed by atoms with Crippen LogP contribution in [0.1, 0.15) is 18.2 Å². The summed E-state index contributed by atoms with van der Waals surface area (Å²) in [4.78, 5) is 7.05. The van der Waals surface area contributed by atoms with Crippen molar-refractivity contribution in [3.8, 4) is 0 Å². The van der Waals surface area contributed by atoms with Crippen molar-refractivity contribution in [3.05, 3.63) is 53.7 Å². The second-order valence-electron chi connectivity index (χ2n) is 5.07. The second-order valence-corrected chi connectivity index (χ2v) is 5.07. The van der Waals surface area contributed by atoms with E-state index in [1.165, 1.54) is 11.3 Å². The van der Waals surface area contributed by atoms with Gasteiger partial charge in [-0.3, -0.25) is 0 Å². The first kappa shape index (κ1) is 12.0. The molecule has 2 aromatic rings. The Bertz CT molecular complexity index is 580. The van der Waals surface area contributed by atoms with E-state index in [0.29, 0.717) is 6.04 Å². The highest BCUT2D eigenvalue weighted by Crippen LogP contribution is 2.32. The monoisotopic (exact) mass is 253 g/mol. The fraction of sp³-hybridized carbons (Fsp3) is 0.312. The molecule has 1 aromatic heterocycles. The molecule has 1 N–H and O–H groups in total. The average molecular weight is 253 g/mol. The van der Waals surface area contributed by atoms with E-state index in [-0.39, 0.29) is 0 Å². The number of nitrogens with one attached hydrogen (secondary N) is 1. The van der Waals surface area contributed by atoms with E-state index < -0.39 is 0 Å². The van der Waals surface area contributed by atoms with Crippen LogP contribution in [0.3, 0.4) is 0 Å². The predicted molar refractivity (Wildman–Crippen MR) is 79.6 cm³/mol. The molecule has 1 aliphatic heterocycles. The molecule has 2 heterocycles. The lowest BCUT2D eigenvalue weighted by molar-refractivity contribution is 0.665. The van der Waals surface area contributed by atoms with Crippen molar-refractivity contribution < 1.29 is 0 Å². The highest BCUT2D eigenvalue weighted by Gasteiger charge is 2.25. The second kappa shape index (κ2) is 4.92. The Morgan fingerprint density at radius 2 is 2.05 bits per heavy atom. The first-order valence-corrected chi connectivity index (χ1v) is 6.76. The molecule has 1 atom stereocenters. The standard InChI is InChI=1S/C16H19N3/c1-12-10-13-6-3-4-8-15(13)19(12)11-14-7-5-9-16(17-2)18-14/h3-9,12H,10-11H2,1-2H3,(H,17,18). The van der Waals surface area contributed by atoms with Crippen LogP contribution in [0.5, 0.6) is 0 Å². The number of nitrogens with zero attached hydrogens (tertiary/aromatic N) is 2. The van der Waals surface area contributed by atoms with E-state index in [2.05, 4.69) is 58.5 Å². The number of pyridine rings is 1. The minimum absolute atomic E-state index is 0.539. The van der Waals surface area contributed by atoms with Crippen molar-refractivity contribution in [2.45, 2.75) is 25.9 Å². The van der Waals surface area contributed by atoms with Crippen molar-refractivity contribution in [1.82, 2.24) is 4.98 Å². The van der Waals surface area contributed by atoms with E-state index in [4.69, 9.17) is 0 Å². The Morgan fingerprint density at radius 1 is 1.21 bits per heavy atom. The number of para-hydroxylation sites is 1. The van der Waals surface area contributed by atoms with Gasteiger partial charge in [-0.25, -0.2) is 4.98 Å². The lowest BCUT2D eigenvalue weighted by Crippen LogP contribution is -2.29. The summed E-state index contributed by atoms with van der Waals surface area (Å²) in [5, 5.41) is 3.09. The maximum absolute atomic E-state index is 4.61. The average Bonchev–Trinajstić information content (AvgIpc) is 2.76. The number of hydrogen-bond acceptors (Lipinski definition) is 3. The predicted octanol–water partition coefficient (Wildman–Crippen LogP) is 3.07. The van der Waals surface area contributed by atoms with Gasteiger partial charge in [0.1, 0.15) is 5.82 Å². The number of aromatic nitrogens is 1. The molecule has 19 heavy (non-hydrogen) atoms. The van der Waals surface area contributed by atoms with Crippen molar-refractivity contribution in [3.63, 3.8) is 0 Å². The Kier molecular flexibility index (Phi) is 3.11. The molecule has 0 saturated heterocycles. The highest BCUT2D eigenvalue weighted by molar-refractivity contribution is 5.59. The van der Waals surface area contributed by atoms with Crippen LogP contribution in [0.15, 0.2) is 42.5 Å². The number of anilines is 2. The van der Waals surface area contributed by atoms with E-state index in [1.807, 2.05) is 13.1 Å². The largest absolute Gasteiger partial charge is 0.373 e. The molecule has 1 unspecified atom stereocenters. The molecule has 0 aliphatic carbocycles. The third kappa shape index (κ3) is 2.28. The smallest absolute Gasteiger partial charge is 0.126 e. The van der Waals surface area contributed by atoms with Gasteiger partial charge in [0.15, 0.2) is 0 Å². The zero-order valence-electron chi connectivity index (χ0n) is 11.4.